The highest BCUT2D eigenvalue weighted by molar-refractivity contribution is 6.30. The van der Waals surface area contributed by atoms with E-state index in [0.29, 0.717) is 36.5 Å². The molecule has 2 aromatic rings. The van der Waals surface area contributed by atoms with Crippen LogP contribution in [0.1, 0.15) is 35.6 Å². The van der Waals surface area contributed by atoms with E-state index in [1.165, 1.54) is 6.07 Å². The highest BCUT2D eigenvalue weighted by Crippen LogP contribution is 2.36. The number of carboxylic acid groups (broad SMARTS) is 1. The molecule has 0 spiro atoms. The van der Waals surface area contributed by atoms with Gasteiger partial charge >= 0.3 is 12.1 Å². The molecule has 0 bridgehead atoms. The summed E-state index contributed by atoms with van der Waals surface area (Å²) in [6.07, 6.45) is -3.50. The van der Waals surface area contributed by atoms with Gasteiger partial charge in [-0.05, 0) is 61.3 Å². The highest BCUT2D eigenvalue weighted by atomic mass is 35.5. The van der Waals surface area contributed by atoms with Crippen molar-refractivity contribution in [3.8, 4) is 0 Å². The first kappa shape index (κ1) is 19.7. The molecule has 7 heteroatoms. The number of hydrogen-bond donors (Lipinski definition) is 1. The summed E-state index contributed by atoms with van der Waals surface area (Å²) < 4.78 is 39.5. The van der Waals surface area contributed by atoms with Gasteiger partial charge in [0.05, 0.1) is 17.5 Å². The molecule has 0 aromatic heterocycles. The first-order valence-electron chi connectivity index (χ1n) is 8.65. The van der Waals surface area contributed by atoms with Gasteiger partial charge in [0.1, 0.15) is 0 Å². The van der Waals surface area contributed by atoms with E-state index < -0.39 is 29.7 Å². The van der Waals surface area contributed by atoms with Gasteiger partial charge in [-0.15, -0.1) is 0 Å². The molecule has 0 amide bonds. The maximum Gasteiger partial charge on any atom is 0.416 e. The Bertz CT molecular complexity index is 817. The minimum Gasteiger partial charge on any atom is -0.481 e. The summed E-state index contributed by atoms with van der Waals surface area (Å²) >= 11 is 6.11. The van der Waals surface area contributed by atoms with Gasteiger partial charge in [-0.1, -0.05) is 35.9 Å². The third-order valence-electron chi connectivity index (χ3n) is 4.94. The molecule has 1 atom stereocenters. The zero-order valence-corrected chi connectivity index (χ0v) is 15.2. The third kappa shape index (κ3) is 4.62. The fourth-order valence-corrected chi connectivity index (χ4v) is 3.78. The summed E-state index contributed by atoms with van der Waals surface area (Å²) in [5, 5.41) is 9.70. The Labute approximate surface area is 160 Å². The average molecular weight is 398 g/mol. The number of rotatable bonds is 4. The minimum absolute atomic E-state index is 0.414. The van der Waals surface area contributed by atoms with Crippen molar-refractivity contribution < 1.29 is 23.1 Å². The van der Waals surface area contributed by atoms with Crippen molar-refractivity contribution in [1.29, 1.82) is 0 Å². The van der Waals surface area contributed by atoms with Crippen LogP contribution in [-0.2, 0) is 11.0 Å². The normalized spacial score (nSPS) is 17.6. The molecule has 3 nitrogen and oxygen atoms in total. The highest BCUT2D eigenvalue weighted by Gasteiger charge is 2.33. The average Bonchev–Trinajstić information content (AvgIpc) is 2.62. The van der Waals surface area contributed by atoms with Crippen molar-refractivity contribution in [2.45, 2.75) is 25.1 Å². The van der Waals surface area contributed by atoms with Crippen LogP contribution in [0, 0.1) is 5.92 Å². The molecule has 27 heavy (non-hydrogen) atoms. The van der Waals surface area contributed by atoms with E-state index in [-0.39, 0.29) is 0 Å². The first-order valence-corrected chi connectivity index (χ1v) is 9.03. The number of hydrogen-bond acceptors (Lipinski definition) is 2. The standard InChI is InChI=1S/C20H19ClF3NO2/c21-17-6-2-4-15(12-17)18(25-9-7-13(8-10-25)19(26)27)14-3-1-5-16(11-14)20(22,23)24/h1-6,11-13,18H,7-10H2,(H,26,27). The van der Waals surface area contributed by atoms with Crippen LogP contribution in [0.25, 0.3) is 0 Å². The molecule has 0 saturated carbocycles. The number of nitrogens with zero attached hydrogens (tertiary/aromatic N) is 1. The van der Waals surface area contributed by atoms with Crippen molar-refractivity contribution in [1.82, 2.24) is 4.90 Å². The largest absolute Gasteiger partial charge is 0.481 e. The number of carbonyl (C=O) groups is 1. The van der Waals surface area contributed by atoms with E-state index >= 15 is 0 Å². The maximum atomic E-state index is 13.2. The Morgan fingerprint density at radius 3 is 2.22 bits per heavy atom. The van der Waals surface area contributed by atoms with Crippen LogP contribution in [-0.4, -0.2) is 29.1 Å². The molecule has 1 aliphatic rings. The predicted octanol–water partition coefficient (Wildman–Crippen LogP) is 5.24. The first-order chi connectivity index (χ1) is 12.8. The number of alkyl halides is 3. The van der Waals surface area contributed by atoms with Crippen molar-refractivity contribution in [2.75, 3.05) is 13.1 Å². The van der Waals surface area contributed by atoms with Crippen LogP contribution < -0.4 is 0 Å². The van der Waals surface area contributed by atoms with Crippen molar-refractivity contribution >= 4 is 17.6 Å². The molecule has 1 aliphatic heterocycles. The minimum atomic E-state index is -4.43. The molecule has 144 valence electrons. The Morgan fingerprint density at radius 2 is 1.67 bits per heavy atom. The molecule has 3 rings (SSSR count). The number of benzene rings is 2. The predicted molar refractivity (Wildman–Crippen MR) is 96.7 cm³/mol. The van der Waals surface area contributed by atoms with E-state index in [1.807, 2.05) is 11.0 Å². The molecular weight excluding hydrogens is 379 g/mol. The van der Waals surface area contributed by atoms with E-state index in [4.69, 9.17) is 11.6 Å². The van der Waals surface area contributed by atoms with Crippen molar-refractivity contribution in [2.24, 2.45) is 5.92 Å². The summed E-state index contributed by atoms with van der Waals surface area (Å²) in [6.45, 7) is 0.981. The lowest BCUT2D eigenvalue weighted by atomic mass is 9.90. The fourth-order valence-electron chi connectivity index (χ4n) is 3.58. The van der Waals surface area contributed by atoms with Crippen LogP contribution in [0.15, 0.2) is 48.5 Å². The molecule has 1 heterocycles. The quantitative estimate of drug-likeness (QED) is 0.766. The van der Waals surface area contributed by atoms with E-state index in [9.17, 15) is 23.1 Å². The number of halogens is 4. The number of likely N-dealkylation sites (tertiary alicyclic amines) is 1. The number of aliphatic carboxylic acids is 1. The SMILES string of the molecule is O=C(O)C1CCN(C(c2cccc(Cl)c2)c2cccc(C(F)(F)F)c2)CC1. The Kier molecular flexibility index (Phi) is 5.77. The van der Waals surface area contributed by atoms with E-state index in [2.05, 4.69) is 0 Å². The monoisotopic (exact) mass is 397 g/mol. The summed E-state index contributed by atoms with van der Waals surface area (Å²) in [4.78, 5) is 13.2. The van der Waals surface area contributed by atoms with Crippen LogP contribution in [0.2, 0.25) is 5.02 Å². The van der Waals surface area contributed by atoms with Crippen LogP contribution in [0.4, 0.5) is 13.2 Å². The van der Waals surface area contributed by atoms with Crippen LogP contribution >= 0.6 is 11.6 Å². The summed E-state index contributed by atoms with van der Waals surface area (Å²) in [5.74, 6) is -1.24. The van der Waals surface area contributed by atoms with Gasteiger partial charge in [0.2, 0.25) is 0 Å². The second-order valence-corrected chi connectivity index (χ2v) is 7.17. The Hall–Kier alpha value is -2.05. The molecule has 1 N–H and O–H groups in total. The summed E-state index contributed by atoms with van der Waals surface area (Å²) in [5.41, 5.74) is 0.601. The van der Waals surface area contributed by atoms with E-state index in [0.717, 1.165) is 17.7 Å². The molecular formula is C20H19ClF3NO2. The molecule has 2 aromatic carbocycles. The fraction of sp³-hybridized carbons (Fsp3) is 0.350. The van der Waals surface area contributed by atoms with Crippen molar-refractivity contribution in [3.63, 3.8) is 0 Å². The van der Waals surface area contributed by atoms with Gasteiger partial charge < -0.3 is 5.11 Å². The van der Waals surface area contributed by atoms with Gasteiger partial charge in [0, 0.05) is 5.02 Å². The lowest BCUT2D eigenvalue weighted by Crippen LogP contribution is -2.39. The van der Waals surface area contributed by atoms with Crippen molar-refractivity contribution in [3.05, 3.63) is 70.2 Å². The van der Waals surface area contributed by atoms with Gasteiger partial charge in [-0.3, -0.25) is 9.69 Å². The third-order valence-corrected chi connectivity index (χ3v) is 5.17. The summed E-state index contributed by atoms with van der Waals surface area (Å²) in [7, 11) is 0. The van der Waals surface area contributed by atoms with Gasteiger partial charge in [-0.25, -0.2) is 0 Å². The Morgan fingerprint density at radius 1 is 1.07 bits per heavy atom. The molecule has 1 unspecified atom stereocenters. The second-order valence-electron chi connectivity index (χ2n) is 6.73. The molecule has 1 fully saturated rings. The topological polar surface area (TPSA) is 40.5 Å². The molecule has 0 aliphatic carbocycles. The Balaban J connectivity index is 1.98. The molecule has 1 saturated heterocycles. The zero-order chi connectivity index (χ0) is 19.6. The smallest absolute Gasteiger partial charge is 0.416 e. The lowest BCUT2D eigenvalue weighted by molar-refractivity contribution is -0.143. The lowest BCUT2D eigenvalue weighted by Gasteiger charge is -2.37. The second kappa shape index (κ2) is 7.90. The summed E-state index contributed by atoms with van der Waals surface area (Å²) in [6, 6.07) is 11.9. The number of piperidine rings is 1. The zero-order valence-electron chi connectivity index (χ0n) is 14.4. The molecule has 0 radical (unpaired) electrons. The maximum absolute atomic E-state index is 13.2. The van der Waals surface area contributed by atoms with Gasteiger partial charge in [0.25, 0.3) is 0 Å². The van der Waals surface area contributed by atoms with Crippen LogP contribution in [0.5, 0.6) is 0 Å². The van der Waals surface area contributed by atoms with Gasteiger partial charge in [-0.2, -0.15) is 13.2 Å². The number of carboxylic acids is 1. The van der Waals surface area contributed by atoms with Crippen LogP contribution in [0.3, 0.4) is 0 Å². The van der Waals surface area contributed by atoms with E-state index in [1.54, 1.807) is 24.3 Å². The van der Waals surface area contributed by atoms with Gasteiger partial charge in [0.15, 0.2) is 0 Å².